The Kier molecular flexibility index (Phi) is 4.72. The molecule has 0 rings (SSSR count). The molecule has 0 aromatic rings. The molecule has 0 aliphatic rings. The summed E-state index contributed by atoms with van der Waals surface area (Å²) in [4.78, 5) is 0. The maximum Gasteiger partial charge on any atom is 0.225 e. The van der Waals surface area contributed by atoms with Crippen molar-refractivity contribution < 1.29 is 8.42 Å². The first-order valence-electron chi connectivity index (χ1n) is 3.18. The van der Waals surface area contributed by atoms with E-state index in [0.29, 0.717) is 6.42 Å². The summed E-state index contributed by atoms with van der Waals surface area (Å²) in [6, 6.07) is -0.128. The first-order chi connectivity index (χ1) is 5.02. The Hall–Kier alpha value is -0.0600. The minimum absolute atomic E-state index is 0.128. The molecule has 0 amide bonds. The van der Waals surface area contributed by atoms with Gasteiger partial charge in [-0.25, -0.2) is 13.1 Å². The lowest BCUT2D eigenvalue weighted by atomic mass is 10.3. The highest BCUT2D eigenvalue weighted by atomic mass is 35.5. The van der Waals surface area contributed by atoms with Gasteiger partial charge in [-0.15, -0.1) is 18.2 Å². The predicted molar refractivity (Wildman–Crippen MR) is 47.1 cm³/mol. The van der Waals surface area contributed by atoms with Crippen molar-refractivity contribution in [1.82, 2.24) is 4.72 Å². The SMILES string of the molecule is C=CCC(C)NS(=O)(=O)CCl. The van der Waals surface area contributed by atoms with Crippen LogP contribution in [-0.2, 0) is 10.0 Å². The quantitative estimate of drug-likeness (QED) is 0.530. The Bertz CT molecular complexity index is 213. The monoisotopic (exact) mass is 197 g/mol. The summed E-state index contributed by atoms with van der Waals surface area (Å²) in [6.45, 7) is 5.24. The van der Waals surface area contributed by atoms with Gasteiger partial charge >= 0.3 is 0 Å². The third-order valence-electron chi connectivity index (χ3n) is 1.04. The third-order valence-corrected chi connectivity index (χ3v) is 2.96. The molecule has 3 nitrogen and oxygen atoms in total. The number of hydrogen-bond acceptors (Lipinski definition) is 2. The van der Waals surface area contributed by atoms with Crippen LogP contribution in [0.5, 0.6) is 0 Å². The van der Waals surface area contributed by atoms with E-state index in [2.05, 4.69) is 11.3 Å². The van der Waals surface area contributed by atoms with Crippen LogP contribution in [-0.4, -0.2) is 19.7 Å². The number of sulfonamides is 1. The zero-order valence-corrected chi connectivity index (χ0v) is 7.95. The van der Waals surface area contributed by atoms with Gasteiger partial charge in [0.15, 0.2) is 0 Å². The van der Waals surface area contributed by atoms with E-state index in [9.17, 15) is 8.42 Å². The van der Waals surface area contributed by atoms with Crippen LogP contribution in [0, 0.1) is 0 Å². The normalized spacial score (nSPS) is 14.4. The number of nitrogens with one attached hydrogen (secondary N) is 1. The van der Waals surface area contributed by atoms with Crippen LogP contribution >= 0.6 is 11.6 Å². The number of alkyl halides is 1. The fraction of sp³-hybridized carbons (Fsp3) is 0.667. The molecule has 0 fully saturated rings. The lowest BCUT2D eigenvalue weighted by molar-refractivity contribution is 0.567. The molecule has 0 bridgehead atoms. The predicted octanol–water partition coefficient (Wildman–Crippen LogP) is 1.07. The molecule has 0 aromatic carbocycles. The van der Waals surface area contributed by atoms with Gasteiger partial charge in [-0.3, -0.25) is 0 Å². The Morgan fingerprint density at radius 3 is 2.64 bits per heavy atom. The van der Waals surface area contributed by atoms with E-state index in [1.807, 2.05) is 0 Å². The Balaban J connectivity index is 3.93. The van der Waals surface area contributed by atoms with E-state index in [0.717, 1.165) is 0 Å². The second-order valence-electron chi connectivity index (χ2n) is 2.27. The second kappa shape index (κ2) is 4.74. The minimum Gasteiger partial charge on any atom is -0.211 e. The van der Waals surface area contributed by atoms with Crippen molar-refractivity contribution in [3.63, 3.8) is 0 Å². The van der Waals surface area contributed by atoms with Gasteiger partial charge in [-0.1, -0.05) is 6.08 Å². The van der Waals surface area contributed by atoms with E-state index in [4.69, 9.17) is 11.6 Å². The van der Waals surface area contributed by atoms with E-state index in [-0.39, 0.29) is 6.04 Å². The van der Waals surface area contributed by atoms with Crippen LogP contribution < -0.4 is 4.72 Å². The molecule has 1 N–H and O–H groups in total. The standard InChI is InChI=1S/C6H12ClNO2S/c1-3-4-6(2)8-11(9,10)5-7/h3,6,8H,1,4-5H2,2H3. The van der Waals surface area contributed by atoms with Crippen molar-refractivity contribution in [3.8, 4) is 0 Å². The summed E-state index contributed by atoms with van der Waals surface area (Å²) in [5, 5.41) is -0.394. The summed E-state index contributed by atoms with van der Waals surface area (Å²) < 4.78 is 24.0. The van der Waals surface area contributed by atoms with Gasteiger partial charge in [-0.2, -0.15) is 0 Å². The molecule has 0 spiro atoms. The van der Waals surface area contributed by atoms with Crippen molar-refractivity contribution in [1.29, 1.82) is 0 Å². The third kappa shape index (κ3) is 5.24. The van der Waals surface area contributed by atoms with Gasteiger partial charge < -0.3 is 0 Å². The molecular weight excluding hydrogens is 186 g/mol. The molecule has 0 saturated carbocycles. The number of rotatable bonds is 5. The number of halogens is 1. The molecule has 0 saturated heterocycles. The van der Waals surface area contributed by atoms with E-state index in [1.54, 1.807) is 13.0 Å². The highest BCUT2D eigenvalue weighted by molar-refractivity contribution is 7.90. The minimum atomic E-state index is -3.27. The van der Waals surface area contributed by atoms with Gasteiger partial charge in [0.05, 0.1) is 0 Å². The van der Waals surface area contributed by atoms with Crippen LogP contribution in [0.2, 0.25) is 0 Å². The van der Waals surface area contributed by atoms with Crippen molar-refractivity contribution in [3.05, 3.63) is 12.7 Å². The zero-order chi connectivity index (χ0) is 8.91. The summed E-state index contributed by atoms with van der Waals surface area (Å²) in [5.74, 6) is 0. The Morgan fingerprint density at radius 2 is 2.27 bits per heavy atom. The first kappa shape index (κ1) is 10.9. The van der Waals surface area contributed by atoms with Crippen LogP contribution in [0.3, 0.4) is 0 Å². The molecule has 11 heavy (non-hydrogen) atoms. The lowest BCUT2D eigenvalue weighted by Crippen LogP contribution is -2.32. The molecule has 0 aliphatic carbocycles. The fourth-order valence-electron chi connectivity index (χ4n) is 0.636. The highest BCUT2D eigenvalue weighted by Crippen LogP contribution is 1.96. The van der Waals surface area contributed by atoms with E-state index in [1.165, 1.54) is 0 Å². The molecule has 66 valence electrons. The van der Waals surface area contributed by atoms with Crippen molar-refractivity contribution in [2.24, 2.45) is 0 Å². The van der Waals surface area contributed by atoms with Gasteiger partial charge in [-0.05, 0) is 13.3 Å². The fourth-order valence-corrected chi connectivity index (χ4v) is 1.60. The summed E-state index contributed by atoms with van der Waals surface area (Å²) in [6.07, 6.45) is 2.26. The molecule has 1 unspecified atom stereocenters. The van der Waals surface area contributed by atoms with Gasteiger partial charge in [0.25, 0.3) is 0 Å². The summed E-state index contributed by atoms with van der Waals surface area (Å²) in [5.41, 5.74) is 0. The zero-order valence-electron chi connectivity index (χ0n) is 6.38. The van der Waals surface area contributed by atoms with Crippen molar-refractivity contribution in [2.45, 2.75) is 19.4 Å². The number of hydrogen-bond donors (Lipinski definition) is 1. The summed E-state index contributed by atoms with van der Waals surface area (Å²) >= 11 is 5.16. The van der Waals surface area contributed by atoms with Gasteiger partial charge in [0.2, 0.25) is 10.0 Å². The van der Waals surface area contributed by atoms with Crippen molar-refractivity contribution in [2.75, 3.05) is 5.21 Å². The van der Waals surface area contributed by atoms with Crippen LogP contribution in [0.1, 0.15) is 13.3 Å². The molecular formula is C6H12ClNO2S. The average Bonchev–Trinajstić information content (AvgIpc) is 1.87. The Labute approximate surface area is 72.5 Å². The first-order valence-corrected chi connectivity index (χ1v) is 5.37. The van der Waals surface area contributed by atoms with Crippen LogP contribution in [0.4, 0.5) is 0 Å². The molecule has 0 aromatic heterocycles. The van der Waals surface area contributed by atoms with E-state index >= 15 is 0 Å². The topological polar surface area (TPSA) is 46.2 Å². The summed E-state index contributed by atoms with van der Waals surface area (Å²) in [7, 11) is -3.27. The lowest BCUT2D eigenvalue weighted by Gasteiger charge is -2.09. The smallest absolute Gasteiger partial charge is 0.211 e. The van der Waals surface area contributed by atoms with Crippen molar-refractivity contribution >= 4 is 21.6 Å². The molecule has 5 heteroatoms. The van der Waals surface area contributed by atoms with Crippen LogP contribution in [0.25, 0.3) is 0 Å². The van der Waals surface area contributed by atoms with Gasteiger partial charge in [0, 0.05) is 6.04 Å². The molecule has 0 heterocycles. The van der Waals surface area contributed by atoms with E-state index < -0.39 is 15.2 Å². The maximum atomic E-state index is 10.8. The average molecular weight is 198 g/mol. The highest BCUT2D eigenvalue weighted by Gasteiger charge is 2.10. The molecule has 0 aliphatic heterocycles. The second-order valence-corrected chi connectivity index (χ2v) is 4.61. The molecule has 1 atom stereocenters. The Morgan fingerprint density at radius 1 is 1.73 bits per heavy atom. The van der Waals surface area contributed by atoms with Crippen LogP contribution in [0.15, 0.2) is 12.7 Å². The molecule has 0 radical (unpaired) electrons. The largest absolute Gasteiger partial charge is 0.225 e. The van der Waals surface area contributed by atoms with Gasteiger partial charge in [0.1, 0.15) is 5.21 Å². The maximum absolute atomic E-state index is 10.8.